The molecular weight excluding hydrogens is 239 g/mol. The van der Waals surface area contributed by atoms with Crippen LogP contribution in [-0.2, 0) is 6.42 Å². The molecule has 0 spiro atoms. The van der Waals surface area contributed by atoms with E-state index in [0.29, 0.717) is 14.5 Å². The number of likely N-dealkylation sites (N-methyl/N-ethyl adjacent to an activating group) is 1. The van der Waals surface area contributed by atoms with E-state index in [4.69, 9.17) is 0 Å². The predicted molar refractivity (Wildman–Crippen MR) is 60.9 cm³/mol. The van der Waals surface area contributed by atoms with E-state index in [1.807, 2.05) is 12.3 Å². The minimum absolute atomic E-state index is 0.470. The zero-order valence-electron chi connectivity index (χ0n) is 8.53. The number of rotatable bonds is 3. The molecule has 0 N–H and O–H groups in total. The summed E-state index contributed by atoms with van der Waals surface area (Å²) in [6, 6.07) is 4.22. The maximum atomic E-state index is 4.40. The normalized spacial score (nSPS) is 11.4. The summed E-state index contributed by atoms with van der Waals surface area (Å²) in [5, 5.41) is 1.38. The van der Waals surface area contributed by atoms with Crippen molar-refractivity contribution in [3.63, 3.8) is 0 Å². The summed E-state index contributed by atoms with van der Waals surface area (Å²) in [7, 11) is 4.23. The van der Waals surface area contributed by atoms with Gasteiger partial charge in [-0.25, -0.2) is 0 Å². The van der Waals surface area contributed by atoms with Crippen LogP contribution in [0.25, 0.3) is 9.78 Å². The Morgan fingerprint density at radius 1 is 1.43 bits per heavy atom. The van der Waals surface area contributed by atoms with Crippen LogP contribution in [0.3, 0.4) is 0 Å². The Labute approximate surface area is 90.3 Å². The van der Waals surface area contributed by atoms with Crippen molar-refractivity contribution >= 4 is 24.3 Å². The van der Waals surface area contributed by atoms with Crippen LogP contribution in [-0.4, -0.2) is 45.0 Å². The Morgan fingerprint density at radius 2 is 2.29 bits per heavy atom. The van der Waals surface area contributed by atoms with E-state index in [1.165, 1.54) is 15.3 Å². The minimum atomic E-state index is 0.470. The molecule has 0 saturated heterocycles. The number of fused-ring (bicyclic) bond motifs is 1. The molecule has 3 heteroatoms. The predicted octanol–water partition coefficient (Wildman–Crippen LogP) is 1.40. The average molecular weight is 253 g/mol. The van der Waals surface area contributed by atoms with Crippen molar-refractivity contribution in [1.29, 1.82) is 0 Å². The summed E-state index contributed by atoms with van der Waals surface area (Å²) in [6.07, 6.45) is 3.04. The van der Waals surface area contributed by atoms with Crippen LogP contribution < -0.4 is 0 Å². The number of hydrogen-bond donors (Lipinski definition) is 0. The fourth-order valence-electron chi connectivity index (χ4n) is 1.46. The quantitative estimate of drug-likeness (QED) is 0.769. The molecular formula is C11H14N2Se. The van der Waals surface area contributed by atoms with Gasteiger partial charge < -0.3 is 0 Å². The van der Waals surface area contributed by atoms with E-state index >= 15 is 0 Å². The zero-order chi connectivity index (χ0) is 9.97. The van der Waals surface area contributed by atoms with Gasteiger partial charge in [-0.15, -0.1) is 0 Å². The summed E-state index contributed by atoms with van der Waals surface area (Å²) in [4.78, 5) is 8.99. The second-order valence-electron chi connectivity index (χ2n) is 3.67. The van der Waals surface area contributed by atoms with Crippen LogP contribution in [0.2, 0.25) is 0 Å². The summed E-state index contributed by atoms with van der Waals surface area (Å²) in [5.74, 6) is 0. The Kier molecular flexibility index (Phi) is 3.02. The monoisotopic (exact) mass is 254 g/mol. The van der Waals surface area contributed by atoms with E-state index in [2.05, 4.69) is 35.0 Å². The van der Waals surface area contributed by atoms with Crippen LogP contribution >= 0.6 is 0 Å². The van der Waals surface area contributed by atoms with Crippen molar-refractivity contribution in [2.45, 2.75) is 6.42 Å². The van der Waals surface area contributed by atoms with Gasteiger partial charge in [0.15, 0.2) is 0 Å². The Balaban J connectivity index is 2.25. The molecule has 74 valence electrons. The third-order valence-corrected chi connectivity index (χ3v) is 4.25. The van der Waals surface area contributed by atoms with Gasteiger partial charge in [0, 0.05) is 0 Å². The van der Waals surface area contributed by atoms with Crippen molar-refractivity contribution in [3.8, 4) is 0 Å². The van der Waals surface area contributed by atoms with E-state index in [9.17, 15) is 0 Å². The fourth-order valence-corrected chi connectivity index (χ4v) is 3.44. The molecule has 0 amide bonds. The molecule has 0 aliphatic rings. The summed E-state index contributed by atoms with van der Waals surface area (Å²) in [6.45, 7) is 1.12. The molecule has 2 rings (SSSR count). The first-order valence-corrected chi connectivity index (χ1v) is 6.58. The van der Waals surface area contributed by atoms with E-state index in [0.717, 1.165) is 13.0 Å². The van der Waals surface area contributed by atoms with E-state index < -0.39 is 0 Å². The van der Waals surface area contributed by atoms with Gasteiger partial charge in [0.2, 0.25) is 0 Å². The SMILES string of the molecule is CN(C)CCc1c[se]c2ncccc12. The molecule has 0 unspecified atom stereocenters. The zero-order valence-corrected chi connectivity index (χ0v) is 10.2. The third kappa shape index (κ3) is 2.06. The molecule has 0 aliphatic carbocycles. The molecule has 14 heavy (non-hydrogen) atoms. The maximum absolute atomic E-state index is 4.40. The molecule has 2 aromatic rings. The van der Waals surface area contributed by atoms with Crippen LogP contribution in [0.5, 0.6) is 0 Å². The van der Waals surface area contributed by atoms with Crippen molar-refractivity contribution in [2.24, 2.45) is 0 Å². The first-order valence-electron chi connectivity index (χ1n) is 4.73. The van der Waals surface area contributed by atoms with Gasteiger partial charge in [-0.05, 0) is 0 Å². The third-order valence-electron chi connectivity index (χ3n) is 2.26. The standard InChI is InChI=1S/C11H14N2Se/c1-13(2)7-5-9-8-14-11-10(9)4-3-6-12-11/h3-4,6,8H,5,7H2,1-2H3. The average Bonchev–Trinajstić information content (AvgIpc) is 2.58. The van der Waals surface area contributed by atoms with Gasteiger partial charge in [-0.2, -0.15) is 0 Å². The molecule has 2 nitrogen and oxygen atoms in total. The van der Waals surface area contributed by atoms with Gasteiger partial charge in [0.25, 0.3) is 0 Å². The number of aromatic nitrogens is 1. The summed E-state index contributed by atoms with van der Waals surface area (Å²) in [5.41, 5.74) is 1.49. The molecule has 2 aromatic heterocycles. The molecule has 0 fully saturated rings. The molecule has 0 aliphatic heterocycles. The van der Waals surface area contributed by atoms with Gasteiger partial charge >= 0.3 is 90.1 Å². The van der Waals surface area contributed by atoms with Crippen LogP contribution in [0, 0.1) is 0 Å². The molecule has 0 saturated carbocycles. The van der Waals surface area contributed by atoms with Crippen LogP contribution in [0.1, 0.15) is 5.56 Å². The first-order chi connectivity index (χ1) is 6.77. The van der Waals surface area contributed by atoms with Crippen molar-refractivity contribution in [2.75, 3.05) is 20.6 Å². The van der Waals surface area contributed by atoms with Crippen molar-refractivity contribution in [1.82, 2.24) is 9.88 Å². The van der Waals surface area contributed by atoms with E-state index in [1.54, 1.807) is 0 Å². The molecule has 0 atom stereocenters. The van der Waals surface area contributed by atoms with Crippen LogP contribution in [0.4, 0.5) is 0 Å². The van der Waals surface area contributed by atoms with Gasteiger partial charge in [0.05, 0.1) is 0 Å². The number of nitrogens with zero attached hydrogens (tertiary/aromatic N) is 2. The number of pyridine rings is 1. The second-order valence-corrected chi connectivity index (χ2v) is 5.47. The van der Waals surface area contributed by atoms with Gasteiger partial charge in [-0.1, -0.05) is 0 Å². The Bertz CT molecular complexity index is 420. The van der Waals surface area contributed by atoms with E-state index in [-0.39, 0.29) is 0 Å². The van der Waals surface area contributed by atoms with Gasteiger partial charge in [0.1, 0.15) is 0 Å². The molecule has 0 aromatic carbocycles. The summed E-state index contributed by atoms with van der Waals surface area (Å²) >= 11 is 0.470. The van der Waals surface area contributed by atoms with Crippen LogP contribution in [0.15, 0.2) is 23.3 Å². The topological polar surface area (TPSA) is 16.1 Å². The molecule has 0 bridgehead atoms. The van der Waals surface area contributed by atoms with Crippen molar-refractivity contribution in [3.05, 3.63) is 28.8 Å². The first kappa shape index (κ1) is 9.91. The molecule has 0 radical (unpaired) electrons. The summed E-state index contributed by atoms with van der Waals surface area (Å²) < 4.78 is 1.30. The fraction of sp³-hybridized carbons (Fsp3) is 0.364. The Hall–Kier alpha value is -0.631. The molecule has 2 heterocycles. The number of hydrogen-bond acceptors (Lipinski definition) is 2. The van der Waals surface area contributed by atoms with Crippen molar-refractivity contribution < 1.29 is 0 Å². The Morgan fingerprint density at radius 3 is 3.07 bits per heavy atom. The van der Waals surface area contributed by atoms with Gasteiger partial charge in [-0.3, -0.25) is 0 Å². The second kappa shape index (κ2) is 4.26.